The summed E-state index contributed by atoms with van der Waals surface area (Å²) < 4.78 is 18.3. The Morgan fingerprint density at radius 1 is 0.906 bits per heavy atom. The fourth-order valence-electron chi connectivity index (χ4n) is 4.53. The van der Waals surface area contributed by atoms with E-state index in [2.05, 4.69) is 10.6 Å². The summed E-state index contributed by atoms with van der Waals surface area (Å²) in [4.78, 5) is 39.6. The first-order valence-corrected chi connectivity index (χ1v) is 11.2. The van der Waals surface area contributed by atoms with Crippen LogP contribution in [-0.4, -0.2) is 47.8 Å². The minimum atomic E-state index is -0.388. The van der Waals surface area contributed by atoms with Gasteiger partial charge >= 0.3 is 0 Å². The Morgan fingerprint density at radius 2 is 1.56 bits per heavy atom. The molecule has 32 heavy (non-hydrogen) atoms. The first-order valence-electron chi connectivity index (χ1n) is 11.2. The normalized spacial score (nSPS) is 21.7. The van der Waals surface area contributed by atoms with Crippen molar-refractivity contribution in [3.05, 3.63) is 59.8 Å². The quantitative estimate of drug-likeness (QED) is 0.746. The lowest BCUT2D eigenvalue weighted by Gasteiger charge is -2.35. The van der Waals surface area contributed by atoms with Crippen molar-refractivity contribution in [3.8, 4) is 0 Å². The molecule has 2 aromatic rings. The molecule has 3 amide bonds. The average Bonchev–Trinajstić information content (AvgIpc) is 3.35. The third-order valence-electron chi connectivity index (χ3n) is 6.40. The van der Waals surface area contributed by atoms with Crippen LogP contribution in [0.15, 0.2) is 47.1 Å². The smallest absolute Gasteiger partial charge is 0.289 e. The molecular weight excluding hydrogens is 413 g/mol. The number of hydrogen-bond acceptors (Lipinski definition) is 4. The Kier molecular flexibility index (Phi) is 6.87. The number of nitrogens with one attached hydrogen (secondary N) is 2. The van der Waals surface area contributed by atoms with Gasteiger partial charge in [-0.15, -0.1) is 0 Å². The molecule has 2 atom stereocenters. The van der Waals surface area contributed by atoms with E-state index in [1.54, 1.807) is 17.0 Å². The minimum Gasteiger partial charge on any atom is -0.459 e. The molecule has 2 aliphatic rings. The number of hydrogen-bond donors (Lipinski definition) is 2. The summed E-state index contributed by atoms with van der Waals surface area (Å²) in [6, 6.07) is 8.47. The summed E-state index contributed by atoms with van der Waals surface area (Å²) in [7, 11) is 0. The second kappa shape index (κ2) is 9.97. The van der Waals surface area contributed by atoms with Crippen LogP contribution in [0.25, 0.3) is 0 Å². The fourth-order valence-corrected chi connectivity index (χ4v) is 4.53. The number of likely N-dealkylation sites (tertiary alicyclic amines) is 1. The molecule has 170 valence electrons. The van der Waals surface area contributed by atoms with E-state index in [0.717, 1.165) is 25.7 Å². The molecule has 0 spiro atoms. The molecule has 4 rings (SSSR count). The highest BCUT2D eigenvalue weighted by Gasteiger charge is 2.33. The number of halogens is 1. The van der Waals surface area contributed by atoms with Gasteiger partial charge in [0.1, 0.15) is 5.82 Å². The third-order valence-corrected chi connectivity index (χ3v) is 6.40. The minimum absolute atomic E-state index is 0.0250. The van der Waals surface area contributed by atoms with E-state index in [4.69, 9.17) is 4.42 Å². The van der Waals surface area contributed by atoms with E-state index in [-0.39, 0.29) is 41.5 Å². The molecule has 1 aliphatic heterocycles. The Balaban J connectivity index is 1.30. The molecule has 8 heteroatoms. The molecule has 0 bridgehead atoms. The summed E-state index contributed by atoms with van der Waals surface area (Å²) in [5.74, 6) is -0.671. The first-order chi connectivity index (χ1) is 15.5. The van der Waals surface area contributed by atoms with Gasteiger partial charge in [0.05, 0.1) is 6.26 Å². The van der Waals surface area contributed by atoms with E-state index in [1.165, 1.54) is 30.5 Å². The summed E-state index contributed by atoms with van der Waals surface area (Å²) in [6.07, 6.45) is 6.22. The van der Waals surface area contributed by atoms with Gasteiger partial charge in [0, 0.05) is 36.7 Å². The van der Waals surface area contributed by atoms with Crippen LogP contribution >= 0.6 is 0 Å². The van der Waals surface area contributed by atoms with Crippen LogP contribution in [0, 0.1) is 11.7 Å². The molecule has 1 saturated carbocycles. The van der Waals surface area contributed by atoms with Gasteiger partial charge in [-0.3, -0.25) is 14.4 Å². The molecule has 1 aliphatic carbocycles. The SMILES string of the molecule is O=C(N[C@@H]1CCCC[C@H]1NC(=O)C1CCN(C(=O)c2ccco2)CC1)c1ccc(F)cc1. The van der Waals surface area contributed by atoms with Crippen LogP contribution in [0.3, 0.4) is 0 Å². The predicted octanol–water partition coefficient (Wildman–Crippen LogP) is 3.13. The van der Waals surface area contributed by atoms with Gasteiger partial charge in [-0.2, -0.15) is 0 Å². The first kappa shape index (κ1) is 22.0. The highest BCUT2D eigenvalue weighted by Crippen LogP contribution is 2.23. The topological polar surface area (TPSA) is 91.7 Å². The van der Waals surface area contributed by atoms with E-state index in [1.807, 2.05) is 0 Å². The molecule has 7 nitrogen and oxygen atoms in total. The van der Waals surface area contributed by atoms with Crippen LogP contribution in [0.5, 0.6) is 0 Å². The van der Waals surface area contributed by atoms with Crippen LogP contribution in [0.2, 0.25) is 0 Å². The zero-order chi connectivity index (χ0) is 22.5. The summed E-state index contributed by atoms with van der Waals surface area (Å²) >= 11 is 0. The second-order valence-corrected chi connectivity index (χ2v) is 8.53. The largest absolute Gasteiger partial charge is 0.459 e. The molecule has 1 aromatic carbocycles. The number of benzene rings is 1. The molecule has 2 fully saturated rings. The number of furan rings is 1. The van der Waals surface area contributed by atoms with Gasteiger partial charge in [-0.1, -0.05) is 12.8 Å². The van der Waals surface area contributed by atoms with Crippen molar-refractivity contribution in [1.29, 1.82) is 0 Å². The summed E-state index contributed by atoms with van der Waals surface area (Å²) in [6.45, 7) is 1.01. The Morgan fingerprint density at radius 3 is 2.19 bits per heavy atom. The van der Waals surface area contributed by atoms with Gasteiger partial charge in [0.15, 0.2) is 5.76 Å². The molecule has 2 heterocycles. The van der Waals surface area contributed by atoms with Crippen molar-refractivity contribution in [2.45, 2.75) is 50.6 Å². The zero-order valence-corrected chi connectivity index (χ0v) is 17.9. The van der Waals surface area contributed by atoms with Crippen molar-refractivity contribution in [2.24, 2.45) is 5.92 Å². The number of amides is 3. The number of nitrogens with zero attached hydrogens (tertiary/aromatic N) is 1. The highest BCUT2D eigenvalue weighted by atomic mass is 19.1. The molecule has 0 radical (unpaired) electrons. The van der Waals surface area contributed by atoms with Gasteiger partial charge in [0.2, 0.25) is 5.91 Å². The molecule has 1 aromatic heterocycles. The Labute approximate surface area is 186 Å². The molecule has 0 unspecified atom stereocenters. The van der Waals surface area contributed by atoms with Crippen molar-refractivity contribution in [2.75, 3.05) is 13.1 Å². The lowest BCUT2D eigenvalue weighted by molar-refractivity contribution is -0.127. The summed E-state index contributed by atoms with van der Waals surface area (Å²) in [5.41, 5.74) is 0.399. The van der Waals surface area contributed by atoms with Crippen molar-refractivity contribution < 1.29 is 23.2 Å². The Hall–Kier alpha value is -3.16. The van der Waals surface area contributed by atoms with Gasteiger partial charge in [-0.25, -0.2) is 4.39 Å². The van der Waals surface area contributed by atoms with Crippen LogP contribution in [-0.2, 0) is 4.79 Å². The van der Waals surface area contributed by atoms with Crippen molar-refractivity contribution >= 4 is 17.7 Å². The standard InChI is InChI=1S/C24H28FN3O4/c25-18-9-7-16(8-10-18)22(29)26-19-4-1-2-5-20(19)27-23(30)17-11-13-28(14-12-17)24(31)21-6-3-15-32-21/h3,6-10,15,17,19-20H,1-2,4-5,11-14H2,(H,26,29)(H,27,30)/t19-,20-/m1/s1. The maximum atomic E-state index is 13.1. The number of piperidine rings is 1. The lowest BCUT2D eigenvalue weighted by atomic mass is 9.88. The van der Waals surface area contributed by atoms with E-state index >= 15 is 0 Å². The van der Waals surface area contributed by atoms with Crippen LogP contribution in [0.4, 0.5) is 4.39 Å². The number of carbonyl (C=O) groups excluding carboxylic acids is 3. The number of carbonyl (C=O) groups is 3. The maximum Gasteiger partial charge on any atom is 0.289 e. The van der Waals surface area contributed by atoms with Crippen molar-refractivity contribution in [3.63, 3.8) is 0 Å². The summed E-state index contributed by atoms with van der Waals surface area (Å²) in [5, 5.41) is 6.15. The molecular formula is C24H28FN3O4. The fraction of sp³-hybridized carbons (Fsp3) is 0.458. The maximum absolute atomic E-state index is 13.1. The Bertz CT molecular complexity index is 937. The van der Waals surface area contributed by atoms with Gasteiger partial charge < -0.3 is 20.0 Å². The van der Waals surface area contributed by atoms with E-state index in [9.17, 15) is 18.8 Å². The third kappa shape index (κ3) is 5.18. The lowest BCUT2D eigenvalue weighted by Crippen LogP contribution is -2.55. The second-order valence-electron chi connectivity index (χ2n) is 8.53. The average molecular weight is 442 g/mol. The van der Waals surface area contributed by atoms with Gasteiger partial charge in [0.25, 0.3) is 11.8 Å². The van der Waals surface area contributed by atoms with Crippen molar-refractivity contribution in [1.82, 2.24) is 15.5 Å². The zero-order valence-electron chi connectivity index (χ0n) is 17.9. The predicted molar refractivity (Wildman–Crippen MR) is 115 cm³/mol. The van der Waals surface area contributed by atoms with Crippen LogP contribution < -0.4 is 10.6 Å². The molecule has 1 saturated heterocycles. The highest BCUT2D eigenvalue weighted by molar-refractivity contribution is 5.94. The monoisotopic (exact) mass is 441 g/mol. The van der Waals surface area contributed by atoms with Crippen LogP contribution in [0.1, 0.15) is 59.4 Å². The van der Waals surface area contributed by atoms with E-state index in [0.29, 0.717) is 37.3 Å². The van der Waals surface area contributed by atoms with E-state index < -0.39 is 0 Å². The number of rotatable bonds is 5. The molecule has 2 N–H and O–H groups in total. The van der Waals surface area contributed by atoms with Gasteiger partial charge in [-0.05, 0) is 62.1 Å².